The molecule has 0 aliphatic carbocycles. The Morgan fingerprint density at radius 2 is 2.14 bits per heavy atom. The third kappa shape index (κ3) is 6.19. The van der Waals surface area contributed by atoms with Crippen LogP contribution in [0.1, 0.15) is 33.6 Å². The minimum Gasteiger partial charge on any atom is -0.465 e. The number of aromatic nitrogens is 2. The highest BCUT2D eigenvalue weighted by molar-refractivity contribution is 8.02. The number of nitrogens with zero attached hydrogens (tertiary/aromatic N) is 2. The number of hydrogen-bond acceptors (Lipinski definition) is 7. The van der Waals surface area contributed by atoms with Gasteiger partial charge in [-0.25, -0.2) is 0 Å². The van der Waals surface area contributed by atoms with E-state index in [1.54, 1.807) is 13.8 Å². The molecule has 21 heavy (non-hydrogen) atoms. The van der Waals surface area contributed by atoms with Gasteiger partial charge in [0.05, 0.1) is 6.61 Å². The van der Waals surface area contributed by atoms with Crippen molar-refractivity contribution in [2.45, 2.75) is 48.6 Å². The van der Waals surface area contributed by atoms with Crippen molar-refractivity contribution in [2.75, 3.05) is 11.9 Å². The Bertz CT molecular complexity index is 482. The lowest BCUT2D eigenvalue weighted by Crippen LogP contribution is -2.20. The predicted molar refractivity (Wildman–Crippen MR) is 85.0 cm³/mol. The lowest BCUT2D eigenvalue weighted by Gasteiger charge is -2.11. The lowest BCUT2D eigenvalue weighted by molar-refractivity contribution is -0.142. The third-order valence-corrected chi connectivity index (χ3v) is 4.71. The minimum atomic E-state index is -0.641. The van der Waals surface area contributed by atoms with Crippen LogP contribution in [0.5, 0.6) is 0 Å². The van der Waals surface area contributed by atoms with Gasteiger partial charge < -0.3 is 4.74 Å². The zero-order valence-corrected chi connectivity index (χ0v) is 14.5. The molecule has 1 aromatic heterocycles. The summed E-state index contributed by atoms with van der Waals surface area (Å²) < 4.78 is 5.65. The number of ether oxygens (including phenoxy) is 1. The Kier molecular flexibility index (Phi) is 7.98. The maximum absolute atomic E-state index is 11.8. The highest BCUT2D eigenvalue weighted by Gasteiger charge is 2.22. The summed E-state index contributed by atoms with van der Waals surface area (Å²) in [5, 5.41) is 9.81. The van der Waals surface area contributed by atoms with Gasteiger partial charge in [0.2, 0.25) is 11.0 Å². The second-order valence-electron chi connectivity index (χ2n) is 4.13. The molecular weight excluding hydrogens is 334 g/mol. The fourth-order valence-electron chi connectivity index (χ4n) is 1.36. The Morgan fingerprint density at radius 3 is 2.71 bits per heavy atom. The van der Waals surface area contributed by atoms with Gasteiger partial charge in [0, 0.05) is 0 Å². The van der Waals surface area contributed by atoms with E-state index >= 15 is 0 Å². The molecule has 1 aromatic rings. The van der Waals surface area contributed by atoms with Crippen molar-refractivity contribution in [3.63, 3.8) is 0 Å². The Labute approximate surface area is 137 Å². The van der Waals surface area contributed by atoms with E-state index in [1.165, 1.54) is 23.1 Å². The smallest absolute Gasteiger partial charge is 0.319 e. The van der Waals surface area contributed by atoms with Crippen LogP contribution < -0.4 is 5.32 Å². The summed E-state index contributed by atoms with van der Waals surface area (Å²) >= 11 is 8.18. The number of amides is 1. The molecule has 0 bridgehead atoms. The van der Waals surface area contributed by atoms with Crippen molar-refractivity contribution in [1.29, 1.82) is 0 Å². The SMILES string of the molecule is CCCC(Sc1nnc(NC(=O)C(C)Cl)s1)C(=O)OCC. The summed E-state index contributed by atoms with van der Waals surface area (Å²) in [6.07, 6.45) is 1.56. The molecule has 0 aromatic carbocycles. The standard InChI is InChI=1S/C12H18ClN3O3S2/c1-4-6-8(10(18)19-5-2)20-12-16-15-11(21-12)14-9(17)7(3)13/h7-8H,4-6H2,1-3H3,(H,14,15,17). The van der Waals surface area contributed by atoms with Gasteiger partial charge in [-0.05, 0) is 20.3 Å². The largest absolute Gasteiger partial charge is 0.465 e. The highest BCUT2D eigenvalue weighted by atomic mass is 35.5. The maximum atomic E-state index is 11.8. The number of nitrogens with one attached hydrogen (secondary N) is 1. The zero-order chi connectivity index (χ0) is 15.8. The van der Waals surface area contributed by atoms with Gasteiger partial charge in [-0.15, -0.1) is 21.8 Å². The fraction of sp³-hybridized carbons (Fsp3) is 0.667. The second-order valence-corrected chi connectivity index (χ2v) is 7.21. The van der Waals surface area contributed by atoms with Crippen LogP contribution in [0.3, 0.4) is 0 Å². The van der Waals surface area contributed by atoms with E-state index in [1.807, 2.05) is 6.92 Å². The van der Waals surface area contributed by atoms with Gasteiger partial charge in [0.1, 0.15) is 10.6 Å². The molecule has 0 aliphatic rings. The summed E-state index contributed by atoms with van der Waals surface area (Å²) in [5.74, 6) is -0.584. The molecule has 0 saturated heterocycles. The molecule has 2 unspecified atom stereocenters. The number of carbonyl (C=O) groups excluding carboxylic acids is 2. The molecule has 1 rings (SSSR count). The molecule has 0 radical (unpaired) electrons. The van der Waals surface area contributed by atoms with Crippen molar-refractivity contribution >= 4 is 51.7 Å². The van der Waals surface area contributed by atoms with E-state index in [4.69, 9.17) is 16.3 Å². The molecule has 1 heterocycles. The van der Waals surface area contributed by atoms with Crippen LogP contribution in [0.15, 0.2) is 4.34 Å². The van der Waals surface area contributed by atoms with Crippen molar-refractivity contribution in [1.82, 2.24) is 10.2 Å². The topological polar surface area (TPSA) is 81.2 Å². The van der Waals surface area contributed by atoms with E-state index in [9.17, 15) is 9.59 Å². The Morgan fingerprint density at radius 1 is 1.43 bits per heavy atom. The third-order valence-electron chi connectivity index (χ3n) is 2.34. The van der Waals surface area contributed by atoms with Crippen LogP contribution in [-0.4, -0.2) is 39.3 Å². The molecule has 2 atom stereocenters. The second kappa shape index (κ2) is 9.22. The quantitative estimate of drug-likeness (QED) is 0.335. The summed E-state index contributed by atoms with van der Waals surface area (Å²) in [7, 11) is 0. The van der Waals surface area contributed by atoms with Gasteiger partial charge in [-0.3, -0.25) is 14.9 Å². The normalized spacial score (nSPS) is 13.5. The van der Waals surface area contributed by atoms with Crippen LogP contribution >= 0.6 is 34.7 Å². The average Bonchev–Trinajstić information content (AvgIpc) is 2.85. The van der Waals surface area contributed by atoms with E-state index in [0.717, 1.165) is 6.42 Å². The molecule has 0 saturated carbocycles. The van der Waals surface area contributed by atoms with E-state index < -0.39 is 5.38 Å². The molecule has 1 amide bonds. The Balaban J connectivity index is 2.66. The molecule has 0 fully saturated rings. The molecular formula is C12H18ClN3O3S2. The number of thioether (sulfide) groups is 1. The summed E-state index contributed by atoms with van der Waals surface area (Å²) in [5.41, 5.74) is 0. The van der Waals surface area contributed by atoms with Crippen LogP contribution in [0.2, 0.25) is 0 Å². The number of carbonyl (C=O) groups is 2. The number of alkyl halides is 1. The number of esters is 1. The first-order valence-electron chi connectivity index (χ1n) is 6.59. The predicted octanol–water partition coefficient (Wildman–Crippen LogP) is 2.93. The van der Waals surface area contributed by atoms with Crippen LogP contribution in [0.4, 0.5) is 5.13 Å². The van der Waals surface area contributed by atoms with Gasteiger partial charge in [-0.1, -0.05) is 36.4 Å². The Hall–Kier alpha value is -0.860. The lowest BCUT2D eigenvalue weighted by atomic mass is 10.2. The summed E-state index contributed by atoms with van der Waals surface area (Å²) in [4.78, 5) is 23.3. The molecule has 9 heteroatoms. The van der Waals surface area contributed by atoms with Gasteiger partial charge in [0.15, 0.2) is 4.34 Å². The molecule has 118 valence electrons. The average molecular weight is 352 g/mol. The first-order valence-corrected chi connectivity index (χ1v) is 8.72. The van der Waals surface area contributed by atoms with Crippen LogP contribution in [0.25, 0.3) is 0 Å². The first-order chi connectivity index (χ1) is 9.97. The number of halogens is 1. The number of anilines is 1. The number of hydrogen-bond donors (Lipinski definition) is 1. The molecule has 6 nitrogen and oxygen atoms in total. The number of rotatable bonds is 8. The van der Waals surface area contributed by atoms with E-state index in [0.29, 0.717) is 22.5 Å². The monoisotopic (exact) mass is 351 g/mol. The van der Waals surface area contributed by atoms with Gasteiger partial charge in [-0.2, -0.15) is 0 Å². The van der Waals surface area contributed by atoms with Gasteiger partial charge >= 0.3 is 5.97 Å². The summed E-state index contributed by atoms with van der Waals surface area (Å²) in [6.45, 7) is 5.70. The minimum absolute atomic E-state index is 0.250. The van der Waals surface area contributed by atoms with Crippen molar-refractivity contribution in [3.05, 3.63) is 0 Å². The van der Waals surface area contributed by atoms with Crippen LogP contribution in [-0.2, 0) is 14.3 Å². The highest BCUT2D eigenvalue weighted by Crippen LogP contribution is 2.31. The molecule has 1 N–H and O–H groups in total. The van der Waals surface area contributed by atoms with E-state index in [-0.39, 0.29) is 17.1 Å². The van der Waals surface area contributed by atoms with Gasteiger partial charge in [0.25, 0.3) is 0 Å². The first kappa shape index (κ1) is 18.2. The molecule has 0 aliphatic heterocycles. The van der Waals surface area contributed by atoms with Crippen molar-refractivity contribution in [2.24, 2.45) is 0 Å². The van der Waals surface area contributed by atoms with Crippen molar-refractivity contribution < 1.29 is 14.3 Å². The molecule has 0 spiro atoms. The van der Waals surface area contributed by atoms with Crippen molar-refractivity contribution in [3.8, 4) is 0 Å². The fourth-order valence-corrected chi connectivity index (χ4v) is 3.52. The summed E-state index contributed by atoms with van der Waals surface area (Å²) in [6, 6.07) is 0. The maximum Gasteiger partial charge on any atom is 0.319 e. The van der Waals surface area contributed by atoms with E-state index in [2.05, 4.69) is 15.5 Å². The zero-order valence-electron chi connectivity index (χ0n) is 12.1. The van der Waals surface area contributed by atoms with Crippen LogP contribution in [0, 0.1) is 0 Å².